The largest absolute Gasteiger partial charge is 0.303 e. The van der Waals surface area contributed by atoms with E-state index in [1.807, 2.05) is 0 Å². The van der Waals surface area contributed by atoms with Crippen LogP contribution in [-0.2, 0) is 4.79 Å². The first-order chi connectivity index (χ1) is 8.15. The SMILES string of the molecule is CCCCCCCC(=O)C1CN(C)CCN1C. The molecule has 1 saturated heterocycles. The standard InChI is InChI=1S/C14H28N2O/c1-4-5-6-7-8-9-14(17)13-12-15(2)10-11-16(13)3/h13H,4-12H2,1-3H3. The predicted molar refractivity (Wildman–Crippen MR) is 72.3 cm³/mol. The quantitative estimate of drug-likeness (QED) is 0.637. The number of piperazine rings is 1. The van der Waals surface area contributed by atoms with Crippen LogP contribution in [0.15, 0.2) is 0 Å². The number of hydrogen-bond donors (Lipinski definition) is 0. The van der Waals surface area contributed by atoms with Gasteiger partial charge in [-0.1, -0.05) is 32.6 Å². The second kappa shape index (κ2) is 7.83. The van der Waals surface area contributed by atoms with E-state index in [-0.39, 0.29) is 6.04 Å². The van der Waals surface area contributed by atoms with Crippen LogP contribution in [0.25, 0.3) is 0 Å². The molecule has 0 N–H and O–H groups in total. The van der Waals surface area contributed by atoms with Gasteiger partial charge in [-0.05, 0) is 20.5 Å². The summed E-state index contributed by atoms with van der Waals surface area (Å²) in [6.45, 7) is 5.22. The summed E-state index contributed by atoms with van der Waals surface area (Å²) in [6.07, 6.45) is 6.92. The molecule has 100 valence electrons. The summed E-state index contributed by atoms with van der Waals surface area (Å²) in [5.74, 6) is 0.440. The van der Waals surface area contributed by atoms with Crippen LogP contribution in [0.4, 0.5) is 0 Å². The average Bonchev–Trinajstić information content (AvgIpc) is 2.32. The number of rotatable bonds is 7. The highest BCUT2D eigenvalue weighted by Gasteiger charge is 2.27. The van der Waals surface area contributed by atoms with E-state index in [1.165, 1.54) is 25.7 Å². The molecule has 0 saturated carbocycles. The lowest BCUT2D eigenvalue weighted by atomic mass is 10.0. The molecule has 1 unspecified atom stereocenters. The maximum atomic E-state index is 12.1. The molecule has 1 rings (SSSR count). The Balaban J connectivity index is 2.21. The Morgan fingerprint density at radius 3 is 2.53 bits per heavy atom. The van der Waals surface area contributed by atoms with Gasteiger partial charge in [0.05, 0.1) is 6.04 Å². The van der Waals surface area contributed by atoms with Crippen LogP contribution in [-0.4, -0.2) is 55.4 Å². The number of hydrogen-bond acceptors (Lipinski definition) is 3. The van der Waals surface area contributed by atoms with Crippen LogP contribution < -0.4 is 0 Å². The van der Waals surface area contributed by atoms with Gasteiger partial charge in [0.2, 0.25) is 0 Å². The van der Waals surface area contributed by atoms with Gasteiger partial charge in [0, 0.05) is 26.1 Å². The Morgan fingerprint density at radius 2 is 1.82 bits per heavy atom. The summed E-state index contributed by atoms with van der Waals surface area (Å²) in [7, 11) is 4.18. The number of carbonyl (C=O) groups is 1. The van der Waals surface area contributed by atoms with Gasteiger partial charge in [-0.15, -0.1) is 0 Å². The fraction of sp³-hybridized carbons (Fsp3) is 0.929. The highest BCUT2D eigenvalue weighted by Crippen LogP contribution is 2.12. The molecule has 1 heterocycles. The first kappa shape index (κ1) is 14.7. The van der Waals surface area contributed by atoms with Crippen molar-refractivity contribution in [2.24, 2.45) is 0 Å². The van der Waals surface area contributed by atoms with Crippen molar-refractivity contribution in [1.29, 1.82) is 0 Å². The van der Waals surface area contributed by atoms with E-state index in [0.717, 1.165) is 32.5 Å². The van der Waals surface area contributed by atoms with E-state index in [1.54, 1.807) is 0 Å². The first-order valence-corrected chi connectivity index (χ1v) is 7.06. The van der Waals surface area contributed by atoms with E-state index >= 15 is 0 Å². The average molecular weight is 240 g/mol. The predicted octanol–water partition coefficient (Wildman–Crippen LogP) is 2.16. The Bertz CT molecular complexity index is 230. The third-order valence-corrected chi connectivity index (χ3v) is 3.75. The van der Waals surface area contributed by atoms with Crippen LogP contribution >= 0.6 is 0 Å². The summed E-state index contributed by atoms with van der Waals surface area (Å²) in [5, 5.41) is 0. The topological polar surface area (TPSA) is 23.6 Å². The first-order valence-electron chi connectivity index (χ1n) is 7.06. The van der Waals surface area contributed by atoms with E-state index in [4.69, 9.17) is 0 Å². The van der Waals surface area contributed by atoms with Crippen LogP contribution in [0.3, 0.4) is 0 Å². The van der Waals surface area contributed by atoms with E-state index in [2.05, 4.69) is 30.8 Å². The fourth-order valence-corrected chi connectivity index (χ4v) is 2.43. The van der Waals surface area contributed by atoms with Crippen molar-refractivity contribution in [3.8, 4) is 0 Å². The van der Waals surface area contributed by atoms with Crippen molar-refractivity contribution >= 4 is 5.78 Å². The molecule has 1 fully saturated rings. The molecular weight excluding hydrogens is 212 g/mol. The van der Waals surface area contributed by atoms with Gasteiger partial charge in [-0.2, -0.15) is 0 Å². The van der Waals surface area contributed by atoms with Crippen molar-refractivity contribution in [2.75, 3.05) is 33.7 Å². The molecular formula is C14H28N2O. The molecule has 0 radical (unpaired) electrons. The lowest BCUT2D eigenvalue weighted by Gasteiger charge is -2.36. The Morgan fingerprint density at radius 1 is 1.12 bits per heavy atom. The van der Waals surface area contributed by atoms with Crippen molar-refractivity contribution in [3.05, 3.63) is 0 Å². The van der Waals surface area contributed by atoms with Crippen LogP contribution in [0.2, 0.25) is 0 Å². The van der Waals surface area contributed by atoms with Crippen LogP contribution in [0.1, 0.15) is 45.4 Å². The number of likely N-dealkylation sites (N-methyl/N-ethyl adjacent to an activating group) is 2. The summed E-state index contributed by atoms with van der Waals surface area (Å²) in [4.78, 5) is 16.6. The summed E-state index contributed by atoms with van der Waals surface area (Å²) in [6, 6.07) is 0.139. The normalized spacial score (nSPS) is 22.9. The Labute approximate surface area is 106 Å². The smallest absolute Gasteiger partial charge is 0.151 e. The Kier molecular flexibility index (Phi) is 6.75. The lowest BCUT2D eigenvalue weighted by molar-refractivity contribution is -0.125. The monoisotopic (exact) mass is 240 g/mol. The van der Waals surface area contributed by atoms with Gasteiger partial charge in [0.1, 0.15) is 0 Å². The molecule has 17 heavy (non-hydrogen) atoms. The number of carbonyl (C=O) groups excluding carboxylic acids is 1. The zero-order valence-corrected chi connectivity index (χ0v) is 11.7. The zero-order valence-electron chi connectivity index (χ0n) is 11.7. The summed E-state index contributed by atoms with van der Waals surface area (Å²) < 4.78 is 0. The third kappa shape index (κ3) is 5.17. The van der Waals surface area contributed by atoms with Crippen molar-refractivity contribution < 1.29 is 4.79 Å². The molecule has 0 aromatic rings. The molecule has 1 aliphatic heterocycles. The highest BCUT2D eigenvalue weighted by atomic mass is 16.1. The number of ketones is 1. The van der Waals surface area contributed by atoms with Crippen molar-refractivity contribution in [3.63, 3.8) is 0 Å². The molecule has 0 bridgehead atoms. The molecule has 3 heteroatoms. The molecule has 0 aliphatic carbocycles. The van der Waals surface area contributed by atoms with Crippen molar-refractivity contribution in [2.45, 2.75) is 51.5 Å². The number of nitrogens with zero attached hydrogens (tertiary/aromatic N) is 2. The minimum Gasteiger partial charge on any atom is -0.303 e. The van der Waals surface area contributed by atoms with E-state index in [9.17, 15) is 4.79 Å². The fourth-order valence-electron chi connectivity index (χ4n) is 2.43. The van der Waals surface area contributed by atoms with Gasteiger partial charge in [-0.3, -0.25) is 9.69 Å². The zero-order chi connectivity index (χ0) is 12.7. The molecule has 3 nitrogen and oxygen atoms in total. The molecule has 0 amide bonds. The van der Waals surface area contributed by atoms with Gasteiger partial charge >= 0.3 is 0 Å². The van der Waals surface area contributed by atoms with Gasteiger partial charge in [0.25, 0.3) is 0 Å². The second-order valence-corrected chi connectivity index (χ2v) is 5.39. The molecule has 0 spiro atoms. The number of Topliss-reactive ketones (excluding diaryl/α,β-unsaturated/α-hetero) is 1. The second-order valence-electron chi connectivity index (χ2n) is 5.39. The molecule has 0 aromatic heterocycles. The minimum atomic E-state index is 0.139. The Hall–Kier alpha value is -0.410. The third-order valence-electron chi connectivity index (χ3n) is 3.75. The minimum absolute atomic E-state index is 0.139. The van der Waals surface area contributed by atoms with Crippen LogP contribution in [0.5, 0.6) is 0 Å². The molecule has 1 atom stereocenters. The molecule has 0 aromatic carbocycles. The highest BCUT2D eigenvalue weighted by molar-refractivity contribution is 5.84. The van der Waals surface area contributed by atoms with Crippen LogP contribution in [0, 0.1) is 0 Å². The lowest BCUT2D eigenvalue weighted by Crippen LogP contribution is -2.53. The maximum absolute atomic E-state index is 12.1. The van der Waals surface area contributed by atoms with Crippen molar-refractivity contribution in [1.82, 2.24) is 9.80 Å². The van der Waals surface area contributed by atoms with E-state index < -0.39 is 0 Å². The molecule has 1 aliphatic rings. The van der Waals surface area contributed by atoms with Gasteiger partial charge < -0.3 is 4.90 Å². The van der Waals surface area contributed by atoms with Gasteiger partial charge in [-0.25, -0.2) is 0 Å². The number of unbranched alkanes of at least 4 members (excludes halogenated alkanes) is 4. The van der Waals surface area contributed by atoms with Gasteiger partial charge in [0.15, 0.2) is 5.78 Å². The maximum Gasteiger partial charge on any atom is 0.151 e. The summed E-state index contributed by atoms with van der Waals surface area (Å²) >= 11 is 0. The summed E-state index contributed by atoms with van der Waals surface area (Å²) in [5.41, 5.74) is 0. The van der Waals surface area contributed by atoms with E-state index in [0.29, 0.717) is 5.78 Å².